The van der Waals surface area contributed by atoms with Gasteiger partial charge in [-0.25, -0.2) is 0 Å². The SMILES string of the molecule is CC1(C)CCC(CC(CBr)Cc2cccc(Br)c2)O1. The molecule has 1 fully saturated rings. The van der Waals surface area contributed by atoms with Gasteiger partial charge in [-0.2, -0.15) is 0 Å². The summed E-state index contributed by atoms with van der Waals surface area (Å²) < 4.78 is 7.28. The van der Waals surface area contributed by atoms with Crippen molar-refractivity contribution in [3.8, 4) is 0 Å². The molecule has 0 N–H and O–H groups in total. The van der Waals surface area contributed by atoms with Crippen molar-refractivity contribution >= 4 is 31.9 Å². The van der Waals surface area contributed by atoms with Crippen molar-refractivity contribution in [2.24, 2.45) is 5.92 Å². The quantitative estimate of drug-likeness (QED) is 0.616. The first kappa shape index (κ1) is 15.5. The van der Waals surface area contributed by atoms with E-state index in [2.05, 4.69) is 70.0 Å². The molecular formula is C16H22Br2O. The van der Waals surface area contributed by atoms with Gasteiger partial charge in [0, 0.05) is 9.80 Å². The van der Waals surface area contributed by atoms with Crippen molar-refractivity contribution in [3.05, 3.63) is 34.3 Å². The lowest BCUT2D eigenvalue weighted by Crippen LogP contribution is -2.22. The molecule has 2 unspecified atom stereocenters. The minimum absolute atomic E-state index is 0.0807. The lowest BCUT2D eigenvalue weighted by atomic mass is 9.94. The summed E-state index contributed by atoms with van der Waals surface area (Å²) in [7, 11) is 0. The van der Waals surface area contributed by atoms with Crippen molar-refractivity contribution in [2.45, 2.75) is 51.2 Å². The Hall–Kier alpha value is 0.140. The van der Waals surface area contributed by atoms with E-state index in [1.807, 2.05) is 0 Å². The monoisotopic (exact) mass is 388 g/mol. The van der Waals surface area contributed by atoms with E-state index in [1.165, 1.54) is 18.4 Å². The second kappa shape index (κ2) is 6.73. The second-order valence-corrected chi connectivity index (χ2v) is 7.69. The van der Waals surface area contributed by atoms with Crippen LogP contribution in [-0.2, 0) is 11.2 Å². The zero-order valence-electron chi connectivity index (χ0n) is 11.7. The molecule has 1 aromatic carbocycles. The number of ether oxygens (including phenoxy) is 1. The highest BCUT2D eigenvalue weighted by molar-refractivity contribution is 9.10. The molecule has 1 aliphatic heterocycles. The van der Waals surface area contributed by atoms with Gasteiger partial charge in [0.05, 0.1) is 11.7 Å². The third-order valence-electron chi connectivity index (χ3n) is 3.78. The van der Waals surface area contributed by atoms with Crippen LogP contribution < -0.4 is 0 Å². The smallest absolute Gasteiger partial charge is 0.0631 e. The molecule has 0 aromatic heterocycles. The highest BCUT2D eigenvalue weighted by atomic mass is 79.9. The van der Waals surface area contributed by atoms with Gasteiger partial charge in [-0.3, -0.25) is 0 Å². The Balaban J connectivity index is 1.90. The minimum Gasteiger partial charge on any atom is -0.372 e. The van der Waals surface area contributed by atoms with Crippen LogP contribution in [0.4, 0.5) is 0 Å². The molecule has 0 amide bonds. The molecule has 0 aliphatic carbocycles. The summed E-state index contributed by atoms with van der Waals surface area (Å²) in [5, 5.41) is 1.04. The zero-order chi connectivity index (χ0) is 13.9. The van der Waals surface area contributed by atoms with E-state index in [0.717, 1.165) is 22.6 Å². The Labute approximate surface area is 133 Å². The number of hydrogen-bond acceptors (Lipinski definition) is 1. The number of hydrogen-bond donors (Lipinski definition) is 0. The van der Waals surface area contributed by atoms with Gasteiger partial charge in [-0.15, -0.1) is 0 Å². The normalized spacial score (nSPS) is 23.5. The molecule has 1 aromatic rings. The van der Waals surface area contributed by atoms with Gasteiger partial charge in [0.25, 0.3) is 0 Å². The second-order valence-electron chi connectivity index (χ2n) is 6.13. The predicted octanol–water partition coefficient (Wildman–Crippen LogP) is 5.35. The molecule has 0 radical (unpaired) electrons. The van der Waals surface area contributed by atoms with E-state index < -0.39 is 0 Å². The molecule has 2 atom stereocenters. The van der Waals surface area contributed by atoms with Crippen molar-refractivity contribution in [1.82, 2.24) is 0 Å². The van der Waals surface area contributed by atoms with Crippen LogP contribution in [0.25, 0.3) is 0 Å². The third-order valence-corrected chi connectivity index (χ3v) is 5.19. The number of halogens is 2. The zero-order valence-corrected chi connectivity index (χ0v) is 14.8. The van der Waals surface area contributed by atoms with Crippen LogP contribution in [0, 0.1) is 5.92 Å². The fraction of sp³-hybridized carbons (Fsp3) is 0.625. The van der Waals surface area contributed by atoms with E-state index in [-0.39, 0.29) is 5.60 Å². The molecule has 19 heavy (non-hydrogen) atoms. The maximum absolute atomic E-state index is 6.11. The molecule has 1 aliphatic rings. The Morgan fingerprint density at radius 2 is 2.21 bits per heavy atom. The van der Waals surface area contributed by atoms with E-state index >= 15 is 0 Å². The Kier molecular flexibility index (Phi) is 5.50. The summed E-state index contributed by atoms with van der Waals surface area (Å²) in [6, 6.07) is 8.62. The first-order valence-electron chi connectivity index (χ1n) is 6.97. The minimum atomic E-state index is 0.0807. The average Bonchev–Trinajstić information content (AvgIpc) is 2.68. The van der Waals surface area contributed by atoms with Gasteiger partial charge in [0.15, 0.2) is 0 Å². The summed E-state index contributed by atoms with van der Waals surface area (Å²) in [5.74, 6) is 0.646. The molecule has 1 nitrogen and oxygen atoms in total. The van der Waals surface area contributed by atoms with Crippen molar-refractivity contribution in [2.75, 3.05) is 5.33 Å². The van der Waals surface area contributed by atoms with Crippen LogP contribution in [0.1, 0.15) is 38.7 Å². The largest absolute Gasteiger partial charge is 0.372 e. The van der Waals surface area contributed by atoms with Gasteiger partial charge in [0.1, 0.15) is 0 Å². The predicted molar refractivity (Wildman–Crippen MR) is 87.9 cm³/mol. The first-order valence-corrected chi connectivity index (χ1v) is 8.88. The maximum atomic E-state index is 6.11. The van der Waals surface area contributed by atoms with Gasteiger partial charge < -0.3 is 4.74 Å². The molecule has 0 saturated carbocycles. The molecule has 106 valence electrons. The van der Waals surface area contributed by atoms with Crippen LogP contribution in [0.5, 0.6) is 0 Å². The van der Waals surface area contributed by atoms with Crippen LogP contribution in [0.3, 0.4) is 0 Å². The highest BCUT2D eigenvalue weighted by Crippen LogP contribution is 2.33. The lowest BCUT2D eigenvalue weighted by molar-refractivity contribution is -0.0233. The average molecular weight is 390 g/mol. The summed E-state index contributed by atoms with van der Waals surface area (Å²) in [4.78, 5) is 0. The van der Waals surface area contributed by atoms with E-state index in [9.17, 15) is 0 Å². The molecule has 1 saturated heterocycles. The summed E-state index contributed by atoms with van der Waals surface area (Å²) >= 11 is 7.20. The van der Waals surface area contributed by atoms with Crippen molar-refractivity contribution in [3.63, 3.8) is 0 Å². The number of benzene rings is 1. The third kappa shape index (κ3) is 4.87. The van der Waals surface area contributed by atoms with Crippen molar-refractivity contribution in [1.29, 1.82) is 0 Å². The molecule has 2 rings (SSSR count). The molecule has 0 spiro atoms. The van der Waals surface area contributed by atoms with Crippen LogP contribution >= 0.6 is 31.9 Å². The summed E-state index contributed by atoms with van der Waals surface area (Å²) in [6.07, 6.45) is 5.09. The lowest BCUT2D eigenvalue weighted by Gasteiger charge is -2.22. The fourth-order valence-electron chi connectivity index (χ4n) is 2.81. The maximum Gasteiger partial charge on any atom is 0.0631 e. The Morgan fingerprint density at radius 1 is 1.42 bits per heavy atom. The highest BCUT2D eigenvalue weighted by Gasteiger charge is 2.32. The molecule has 0 bridgehead atoms. The van der Waals surface area contributed by atoms with Crippen LogP contribution in [-0.4, -0.2) is 17.0 Å². The molecule has 1 heterocycles. The number of alkyl halides is 1. The van der Waals surface area contributed by atoms with Gasteiger partial charge in [-0.05, 0) is 63.1 Å². The van der Waals surface area contributed by atoms with E-state index in [1.54, 1.807) is 0 Å². The standard InChI is InChI=1S/C16H22Br2O/c1-16(2)7-6-15(19-16)10-13(11-17)8-12-4-3-5-14(18)9-12/h3-5,9,13,15H,6-8,10-11H2,1-2H3. The Bertz CT molecular complexity index is 417. The topological polar surface area (TPSA) is 9.23 Å². The van der Waals surface area contributed by atoms with Gasteiger partial charge in [-0.1, -0.05) is 44.0 Å². The van der Waals surface area contributed by atoms with E-state index in [4.69, 9.17) is 4.74 Å². The fourth-order valence-corrected chi connectivity index (χ4v) is 3.75. The van der Waals surface area contributed by atoms with Crippen molar-refractivity contribution < 1.29 is 4.74 Å². The summed E-state index contributed by atoms with van der Waals surface area (Å²) in [5.41, 5.74) is 1.48. The van der Waals surface area contributed by atoms with Crippen LogP contribution in [0.15, 0.2) is 28.7 Å². The molecular weight excluding hydrogens is 368 g/mol. The van der Waals surface area contributed by atoms with Crippen LogP contribution in [0.2, 0.25) is 0 Å². The summed E-state index contributed by atoms with van der Waals surface area (Å²) in [6.45, 7) is 4.40. The Morgan fingerprint density at radius 3 is 2.79 bits per heavy atom. The van der Waals surface area contributed by atoms with E-state index in [0.29, 0.717) is 12.0 Å². The molecule has 3 heteroatoms. The first-order chi connectivity index (χ1) is 8.98. The van der Waals surface area contributed by atoms with Gasteiger partial charge in [0.2, 0.25) is 0 Å². The number of rotatable bonds is 5. The van der Waals surface area contributed by atoms with Gasteiger partial charge >= 0.3 is 0 Å².